The number of fused-ring (bicyclic) bond motifs is 1. The van der Waals surface area contributed by atoms with Gasteiger partial charge >= 0.3 is 5.97 Å². The molecule has 0 aromatic heterocycles. The smallest absolute Gasteiger partial charge is 0.303 e. The Bertz CT molecular complexity index is 258. The second-order valence-corrected chi connectivity index (χ2v) is 5.36. The Balaban J connectivity index is 1.56. The maximum absolute atomic E-state index is 10.4. The average molecular weight is 240 g/mol. The van der Waals surface area contributed by atoms with E-state index in [1.54, 1.807) is 0 Å². The van der Waals surface area contributed by atoms with E-state index in [-0.39, 0.29) is 0 Å². The van der Waals surface area contributed by atoms with Crippen LogP contribution in [0.5, 0.6) is 0 Å². The van der Waals surface area contributed by atoms with Crippen molar-refractivity contribution in [1.82, 2.24) is 10.2 Å². The quantitative estimate of drug-likeness (QED) is 0.690. The lowest BCUT2D eigenvalue weighted by atomic mass is 9.97. The second kappa shape index (κ2) is 6.36. The van der Waals surface area contributed by atoms with Crippen LogP contribution in [0.2, 0.25) is 0 Å². The molecule has 0 radical (unpaired) electrons. The van der Waals surface area contributed by atoms with Crippen LogP contribution in [0, 0.1) is 0 Å². The molecule has 2 unspecified atom stereocenters. The van der Waals surface area contributed by atoms with Crippen LogP contribution < -0.4 is 5.32 Å². The molecule has 0 aromatic carbocycles. The van der Waals surface area contributed by atoms with Crippen LogP contribution in [0.3, 0.4) is 0 Å². The van der Waals surface area contributed by atoms with E-state index in [4.69, 9.17) is 5.11 Å². The molecule has 0 bridgehead atoms. The van der Waals surface area contributed by atoms with Gasteiger partial charge in [0.05, 0.1) is 0 Å². The van der Waals surface area contributed by atoms with Gasteiger partial charge in [-0.25, -0.2) is 0 Å². The van der Waals surface area contributed by atoms with E-state index in [0.717, 1.165) is 25.4 Å². The summed E-state index contributed by atoms with van der Waals surface area (Å²) in [7, 11) is 0. The molecular formula is C13H24N2O2. The van der Waals surface area contributed by atoms with Crippen LogP contribution in [0.4, 0.5) is 0 Å². The zero-order valence-electron chi connectivity index (χ0n) is 10.5. The van der Waals surface area contributed by atoms with Crippen molar-refractivity contribution in [2.75, 3.05) is 19.6 Å². The summed E-state index contributed by atoms with van der Waals surface area (Å²) in [6.45, 7) is 3.53. The monoisotopic (exact) mass is 240 g/mol. The predicted molar refractivity (Wildman–Crippen MR) is 67.1 cm³/mol. The Hall–Kier alpha value is -0.610. The fourth-order valence-electron chi connectivity index (χ4n) is 3.12. The Labute approximate surface area is 103 Å². The van der Waals surface area contributed by atoms with Crippen molar-refractivity contribution in [2.45, 2.75) is 57.0 Å². The second-order valence-electron chi connectivity index (χ2n) is 5.36. The minimum atomic E-state index is -0.677. The molecule has 2 N–H and O–H groups in total. The number of aliphatic carboxylic acids is 1. The molecule has 4 nitrogen and oxygen atoms in total. The Morgan fingerprint density at radius 3 is 3.00 bits per heavy atom. The Morgan fingerprint density at radius 2 is 2.18 bits per heavy atom. The summed E-state index contributed by atoms with van der Waals surface area (Å²) < 4.78 is 0. The summed E-state index contributed by atoms with van der Waals surface area (Å²) in [5.41, 5.74) is 0. The van der Waals surface area contributed by atoms with Crippen LogP contribution >= 0.6 is 0 Å². The van der Waals surface area contributed by atoms with Crippen molar-refractivity contribution in [3.05, 3.63) is 0 Å². The van der Waals surface area contributed by atoms with Gasteiger partial charge in [0.2, 0.25) is 0 Å². The van der Waals surface area contributed by atoms with Gasteiger partial charge < -0.3 is 15.3 Å². The van der Waals surface area contributed by atoms with E-state index in [1.807, 2.05) is 0 Å². The van der Waals surface area contributed by atoms with Crippen molar-refractivity contribution < 1.29 is 9.90 Å². The average Bonchev–Trinajstić information content (AvgIpc) is 2.75. The first-order valence-electron chi connectivity index (χ1n) is 6.95. The molecule has 0 saturated carbocycles. The van der Waals surface area contributed by atoms with Crippen molar-refractivity contribution in [3.8, 4) is 0 Å². The van der Waals surface area contributed by atoms with Crippen LogP contribution in [-0.2, 0) is 4.79 Å². The van der Waals surface area contributed by atoms with Crippen molar-refractivity contribution in [1.29, 1.82) is 0 Å². The summed E-state index contributed by atoms with van der Waals surface area (Å²) in [4.78, 5) is 13.0. The van der Waals surface area contributed by atoms with E-state index in [9.17, 15) is 4.79 Å². The molecule has 2 rings (SSSR count). The van der Waals surface area contributed by atoms with Gasteiger partial charge in [0.1, 0.15) is 0 Å². The first-order valence-corrected chi connectivity index (χ1v) is 6.95. The number of nitrogens with zero attached hydrogens (tertiary/aromatic N) is 1. The van der Waals surface area contributed by atoms with Crippen molar-refractivity contribution in [3.63, 3.8) is 0 Å². The van der Waals surface area contributed by atoms with Gasteiger partial charge in [-0.1, -0.05) is 0 Å². The third kappa shape index (κ3) is 3.96. The number of piperidine rings is 1. The number of unbranched alkanes of at least 4 members (excludes halogenated alkanes) is 1. The third-order valence-corrected chi connectivity index (χ3v) is 4.07. The Kier molecular flexibility index (Phi) is 4.80. The molecule has 0 spiro atoms. The zero-order chi connectivity index (χ0) is 12.1. The van der Waals surface area contributed by atoms with Crippen molar-refractivity contribution >= 4 is 5.97 Å². The summed E-state index contributed by atoms with van der Waals surface area (Å²) in [5, 5.41) is 12.1. The largest absolute Gasteiger partial charge is 0.481 e. The molecule has 0 amide bonds. The van der Waals surface area contributed by atoms with E-state index in [0.29, 0.717) is 12.5 Å². The van der Waals surface area contributed by atoms with Gasteiger partial charge in [-0.2, -0.15) is 0 Å². The molecular weight excluding hydrogens is 216 g/mol. The molecule has 4 heteroatoms. The van der Waals surface area contributed by atoms with Gasteiger partial charge in [-0.15, -0.1) is 0 Å². The number of nitrogens with one attached hydrogen (secondary N) is 1. The summed E-state index contributed by atoms with van der Waals surface area (Å²) >= 11 is 0. The van der Waals surface area contributed by atoms with Gasteiger partial charge in [-0.05, 0) is 58.2 Å². The lowest BCUT2D eigenvalue weighted by molar-refractivity contribution is -0.137. The fraction of sp³-hybridized carbons (Fsp3) is 0.923. The number of carbonyl (C=O) groups is 1. The summed E-state index contributed by atoms with van der Waals surface area (Å²) in [5.74, 6) is -0.677. The molecule has 0 aromatic rings. The van der Waals surface area contributed by atoms with Gasteiger partial charge in [-0.3, -0.25) is 4.79 Å². The SMILES string of the molecule is O=C(O)CCCCNC1CCN2CCCC2C1. The number of carboxylic acid groups (broad SMARTS) is 1. The number of carboxylic acids is 1. The first-order chi connectivity index (χ1) is 8.25. The lowest BCUT2D eigenvalue weighted by Crippen LogP contribution is -2.45. The van der Waals surface area contributed by atoms with Gasteiger partial charge in [0.25, 0.3) is 0 Å². The van der Waals surface area contributed by atoms with Crippen LogP contribution in [0.25, 0.3) is 0 Å². The minimum Gasteiger partial charge on any atom is -0.481 e. The highest BCUT2D eigenvalue weighted by molar-refractivity contribution is 5.66. The van der Waals surface area contributed by atoms with Crippen LogP contribution in [0.1, 0.15) is 44.9 Å². The highest BCUT2D eigenvalue weighted by atomic mass is 16.4. The molecule has 2 aliphatic heterocycles. The molecule has 2 atom stereocenters. The van der Waals surface area contributed by atoms with E-state index in [1.165, 1.54) is 38.8 Å². The van der Waals surface area contributed by atoms with E-state index < -0.39 is 5.97 Å². The lowest BCUT2D eigenvalue weighted by Gasteiger charge is -2.35. The number of hydrogen-bond donors (Lipinski definition) is 2. The molecule has 98 valence electrons. The molecule has 2 heterocycles. The predicted octanol–water partition coefficient (Wildman–Crippen LogP) is 1.46. The maximum atomic E-state index is 10.4. The normalized spacial score (nSPS) is 29.2. The highest BCUT2D eigenvalue weighted by Gasteiger charge is 2.31. The Morgan fingerprint density at radius 1 is 1.29 bits per heavy atom. The molecule has 17 heavy (non-hydrogen) atoms. The van der Waals surface area contributed by atoms with Crippen LogP contribution in [0.15, 0.2) is 0 Å². The number of rotatable bonds is 6. The topological polar surface area (TPSA) is 52.6 Å². The standard InChI is InChI=1S/C13H24N2O2/c16-13(17)5-1-2-7-14-11-6-9-15-8-3-4-12(15)10-11/h11-12,14H,1-10H2,(H,16,17). The molecule has 2 fully saturated rings. The number of hydrogen-bond acceptors (Lipinski definition) is 3. The van der Waals surface area contributed by atoms with Crippen LogP contribution in [-0.4, -0.2) is 47.7 Å². The summed E-state index contributed by atoms with van der Waals surface area (Å²) in [6, 6.07) is 1.49. The van der Waals surface area contributed by atoms with Crippen molar-refractivity contribution in [2.24, 2.45) is 0 Å². The maximum Gasteiger partial charge on any atom is 0.303 e. The summed E-state index contributed by atoms with van der Waals surface area (Å²) in [6.07, 6.45) is 7.38. The van der Waals surface area contributed by atoms with Gasteiger partial charge in [0.15, 0.2) is 0 Å². The third-order valence-electron chi connectivity index (χ3n) is 4.07. The van der Waals surface area contributed by atoms with E-state index in [2.05, 4.69) is 10.2 Å². The highest BCUT2D eigenvalue weighted by Crippen LogP contribution is 2.26. The van der Waals surface area contributed by atoms with Gasteiger partial charge in [0, 0.05) is 18.5 Å². The first kappa shape index (κ1) is 12.8. The molecule has 2 aliphatic rings. The zero-order valence-corrected chi connectivity index (χ0v) is 10.5. The van der Waals surface area contributed by atoms with E-state index >= 15 is 0 Å². The minimum absolute atomic E-state index is 0.308. The fourth-order valence-corrected chi connectivity index (χ4v) is 3.12. The molecule has 0 aliphatic carbocycles. The molecule has 2 saturated heterocycles.